The largest absolute Gasteiger partial charge is 0.435 e. The van der Waals surface area contributed by atoms with E-state index in [0.29, 0.717) is 0 Å². The second kappa shape index (κ2) is 14.9. The Morgan fingerprint density at radius 3 is 1.04 bits per heavy atom. The molecular formula is C44H44N4O2P2. The molecule has 6 nitrogen and oxygen atoms in total. The number of rotatable bonds is 13. The van der Waals surface area contributed by atoms with Crippen molar-refractivity contribution in [2.75, 3.05) is 0 Å². The summed E-state index contributed by atoms with van der Waals surface area (Å²) < 4.78 is 24.2. The molecule has 0 saturated carbocycles. The van der Waals surface area contributed by atoms with Gasteiger partial charge in [-0.05, 0) is 108 Å². The number of nitrogens with zero attached hydrogens (tertiary/aromatic N) is 4. The maximum Gasteiger partial charge on any atom is 0.318 e. The molecule has 0 fully saturated rings. The van der Waals surface area contributed by atoms with Crippen molar-refractivity contribution in [3.8, 4) is 22.6 Å². The van der Waals surface area contributed by atoms with Gasteiger partial charge >= 0.3 is 16.9 Å². The molecule has 8 aromatic rings. The van der Waals surface area contributed by atoms with Gasteiger partial charge in [0.25, 0.3) is 0 Å². The number of hydrogen-bond donors (Lipinski definition) is 0. The van der Waals surface area contributed by atoms with Crippen LogP contribution < -0.4 is 9.05 Å². The summed E-state index contributed by atoms with van der Waals surface area (Å²) in [6.45, 7) is 8.83. The van der Waals surface area contributed by atoms with Gasteiger partial charge in [0.15, 0.2) is 0 Å². The number of benzene rings is 4. The normalized spacial score (nSPS) is 11.7. The fourth-order valence-corrected chi connectivity index (χ4v) is 11.0. The molecule has 0 bridgehead atoms. The molecule has 4 aromatic carbocycles. The van der Waals surface area contributed by atoms with E-state index in [9.17, 15) is 0 Å². The molecule has 0 N–H and O–H groups in total. The first-order valence-electron chi connectivity index (χ1n) is 18.3. The minimum Gasteiger partial charge on any atom is -0.435 e. The number of hydrogen-bond acceptors (Lipinski definition) is 2. The lowest BCUT2D eigenvalue weighted by atomic mass is 9.92. The summed E-state index contributed by atoms with van der Waals surface area (Å²) in [6.07, 6.45) is 12.3. The molecular weight excluding hydrogens is 678 g/mol. The lowest BCUT2D eigenvalue weighted by molar-refractivity contribution is 0.583. The third kappa shape index (κ3) is 6.15. The van der Waals surface area contributed by atoms with E-state index in [1.807, 2.05) is 0 Å². The zero-order valence-electron chi connectivity index (χ0n) is 30.2. The first-order valence-corrected chi connectivity index (χ1v) is 20.6. The number of aryl methyl sites for hydroxylation is 4. The Balaban J connectivity index is 1.38. The minimum absolute atomic E-state index is 0.826. The maximum absolute atomic E-state index is 7.44. The molecule has 8 heteroatoms. The average molecular weight is 723 g/mol. The van der Waals surface area contributed by atoms with Crippen molar-refractivity contribution < 1.29 is 9.05 Å². The summed E-state index contributed by atoms with van der Waals surface area (Å²) in [5.41, 5.74) is 7.02. The predicted octanol–water partition coefficient (Wildman–Crippen LogP) is 12.5. The van der Waals surface area contributed by atoms with Crippen LogP contribution in [0.25, 0.3) is 32.7 Å². The first kappa shape index (κ1) is 34.1. The van der Waals surface area contributed by atoms with Gasteiger partial charge < -0.3 is 9.05 Å². The van der Waals surface area contributed by atoms with Crippen molar-refractivity contribution in [1.29, 1.82) is 0 Å². The van der Waals surface area contributed by atoms with Gasteiger partial charge in [0.05, 0.1) is 0 Å². The van der Waals surface area contributed by atoms with E-state index in [4.69, 9.17) is 9.05 Å². The summed E-state index contributed by atoms with van der Waals surface area (Å²) in [7, 11) is -2.64. The van der Waals surface area contributed by atoms with Crippen molar-refractivity contribution in [3.63, 3.8) is 0 Å². The summed E-state index contributed by atoms with van der Waals surface area (Å²) in [4.78, 5) is 0. The Morgan fingerprint density at radius 2 is 0.712 bits per heavy atom. The molecule has 0 aliphatic carbocycles. The van der Waals surface area contributed by atoms with Gasteiger partial charge in [-0.3, -0.25) is 17.4 Å². The van der Waals surface area contributed by atoms with Gasteiger partial charge in [0, 0.05) is 58.7 Å². The third-order valence-corrected chi connectivity index (χ3v) is 13.6. The third-order valence-electron chi connectivity index (χ3n) is 9.82. The second-order valence-corrected chi connectivity index (χ2v) is 15.9. The highest BCUT2D eigenvalue weighted by Gasteiger charge is 2.28. The fraction of sp³-hybridized carbons (Fsp3) is 0.182. The van der Waals surface area contributed by atoms with Gasteiger partial charge in [-0.2, -0.15) is 0 Å². The zero-order valence-corrected chi connectivity index (χ0v) is 32.0. The zero-order chi connectivity index (χ0) is 35.6. The van der Waals surface area contributed by atoms with Crippen molar-refractivity contribution in [3.05, 3.63) is 169 Å². The van der Waals surface area contributed by atoms with Crippen LogP contribution >= 0.6 is 16.9 Å². The summed E-state index contributed by atoms with van der Waals surface area (Å²) in [5.74, 6) is 1.65. The molecule has 0 unspecified atom stereocenters. The van der Waals surface area contributed by atoms with Crippen LogP contribution in [0.15, 0.2) is 146 Å². The lowest BCUT2D eigenvalue weighted by Gasteiger charge is -2.28. The van der Waals surface area contributed by atoms with Crippen molar-refractivity contribution in [1.82, 2.24) is 17.4 Å². The molecule has 4 heterocycles. The summed E-state index contributed by atoms with van der Waals surface area (Å²) in [6, 6.07) is 43.3. The van der Waals surface area contributed by atoms with E-state index in [0.717, 1.165) is 69.9 Å². The average Bonchev–Trinajstić information content (AvgIpc) is 4.03. The molecule has 4 aromatic heterocycles. The lowest BCUT2D eigenvalue weighted by Crippen LogP contribution is -2.11. The Morgan fingerprint density at radius 1 is 0.385 bits per heavy atom. The highest BCUT2D eigenvalue weighted by molar-refractivity contribution is 7.50. The van der Waals surface area contributed by atoms with Crippen molar-refractivity contribution >= 4 is 38.4 Å². The van der Waals surface area contributed by atoms with Crippen LogP contribution in [-0.2, 0) is 25.7 Å². The molecule has 8 rings (SSSR count). The molecule has 262 valence electrons. The van der Waals surface area contributed by atoms with Crippen LogP contribution in [-0.4, -0.2) is 17.4 Å². The molecule has 0 atom stereocenters. The Bertz CT molecular complexity index is 2210. The van der Waals surface area contributed by atoms with Gasteiger partial charge in [0.2, 0.25) is 0 Å². The van der Waals surface area contributed by atoms with E-state index in [1.165, 1.54) is 22.8 Å². The van der Waals surface area contributed by atoms with Crippen molar-refractivity contribution in [2.24, 2.45) is 0 Å². The second-order valence-electron chi connectivity index (χ2n) is 12.8. The minimum atomic E-state index is -1.32. The Labute approximate surface area is 308 Å². The monoisotopic (exact) mass is 722 g/mol. The van der Waals surface area contributed by atoms with Crippen LogP contribution in [0.2, 0.25) is 0 Å². The van der Waals surface area contributed by atoms with Crippen molar-refractivity contribution in [2.45, 2.75) is 53.4 Å². The molecule has 0 amide bonds. The maximum atomic E-state index is 7.44. The quantitative estimate of drug-likeness (QED) is 0.111. The predicted molar refractivity (Wildman–Crippen MR) is 219 cm³/mol. The molecule has 0 radical (unpaired) electrons. The standard InChI is InChI=1S/C44H44N4O2P2/c1-5-35-19-13-29-45(35)51(46-30-14-20-36(46)6-2)49-41-27-25-33-17-9-11-23-39(33)43(41)44-40-24-12-10-18-34(40)26-28-42(44)50-52(47-31-15-21-37(47)7-3)48-32-16-22-38(48)8-4/h9-32H,5-8H2,1-4H3. The van der Waals surface area contributed by atoms with Gasteiger partial charge in [-0.15, -0.1) is 0 Å². The Kier molecular flexibility index (Phi) is 9.78. The molecule has 0 aliphatic rings. The fourth-order valence-electron chi connectivity index (χ4n) is 7.15. The Hall–Kier alpha value is -5.02. The van der Waals surface area contributed by atoms with Crippen LogP contribution in [0.3, 0.4) is 0 Å². The van der Waals surface area contributed by atoms with Gasteiger partial charge in [0.1, 0.15) is 11.5 Å². The highest BCUT2D eigenvalue weighted by atomic mass is 31.2. The molecule has 0 saturated heterocycles. The number of fused-ring (bicyclic) bond motifs is 2. The molecule has 0 aliphatic heterocycles. The van der Waals surface area contributed by atoms with E-state index in [1.54, 1.807) is 0 Å². The van der Waals surface area contributed by atoms with E-state index < -0.39 is 16.9 Å². The van der Waals surface area contributed by atoms with Crippen LogP contribution in [0.1, 0.15) is 50.5 Å². The van der Waals surface area contributed by atoms with Crippen LogP contribution in [0, 0.1) is 0 Å². The van der Waals surface area contributed by atoms with E-state index in [-0.39, 0.29) is 0 Å². The summed E-state index contributed by atoms with van der Waals surface area (Å²) >= 11 is 0. The topological polar surface area (TPSA) is 38.2 Å². The number of aromatic nitrogens is 4. The highest BCUT2D eigenvalue weighted by Crippen LogP contribution is 2.54. The first-order chi connectivity index (χ1) is 25.6. The summed E-state index contributed by atoms with van der Waals surface area (Å²) in [5, 5.41) is 4.55. The molecule has 0 spiro atoms. The van der Waals surface area contributed by atoms with Gasteiger partial charge in [-0.25, -0.2) is 0 Å². The van der Waals surface area contributed by atoms with Crippen LogP contribution in [0.5, 0.6) is 11.5 Å². The van der Waals surface area contributed by atoms with E-state index >= 15 is 0 Å². The SMILES string of the molecule is CCc1cccn1P(Oc1ccc2ccccc2c1-c1c(OP(n2cccc2CC)n2cccc2CC)ccc2ccccc12)n1cccc1CC. The molecule has 52 heavy (non-hydrogen) atoms. The van der Waals surface area contributed by atoms with Gasteiger partial charge in [-0.1, -0.05) is 88.4 Å². The smallest absolute Gasteiger partial charge is 0.318 e. The van der Waals surface area contributed by atoms with E-state index in [2.05, 4.69) is 191 Å². The van der Waals surface area contributed by atoms with Crippen LogP contribution in [0.4, 0.5) is 0 Å².